The third-order valence-electron chi connectivity index (χ3n) is 3.88. The highest BCUT2D eigenvalue weighted by Crippen LogP contribution is 2.26. The molecule has 1 aliphatic heterocycles. The normalized spacial score (nSPS) is 19.4. The van der Waals surface area contributed by atoms with Crippen LogP contribution in [0.4, 0.5) is 0 Å². The molecule has 0 aromatic heterocycles. The average molecular weight is 297 g/mol. The molecule has 1 heterocycles. The number of hydrogen-bond acceptors (Lipinski definition) is 3. The standard InChI is InChI=1S/C16H25ClN2O/c1-2-3-8-20-16-5-4-15(17)9-14(16)12-19-7-6-13(10-18)11-19/h4-5,9,13H,2-3,6-8,10-12,18H2,1H3/t13-/m1/s1. The quantitative estimate of drug-likeness (QED) is 0.785. The van der Waals surface area contributed by atoms with Crippen molar-refractivity contribution in [3.8, 4) is 5.75 Å². The number of halogens is 1. The lowest BCUT2D eigenvalue weighted by Crippen LogP contribution is -2.23. The van der Waals surface area contributed by atoms with E-state index in [2.05, 4.69) is 11.8 Å². The van der Waals surface area contributed by atoms with Crippen molar-refractivity contribution in [2.75, 3.05) is 26.2 Å². The van der Waals surface area contributed by atoms with Crippen LogP contribution in [0.5, 0.6) is 5.75 Å². The minimum absolute atomic E-state index is 0.638. The van der Waals surface area contributed by atoms with Gasteiger partial charge in [0.05, 0.1) is 6.61 Å². The summed E-state index contributed by atoms with van der Waals surface area (Å²) in [5, 5.41) is 0.775. The van der Waals surface area contributed by atoms with Crippen molar-refractivity contribution in [3.05, 3.63) is 28.8 Å². The molecule has 1 saturated heterocycles. The Morgan fingerprint density at radius 1 is 1.45 bits per heavy atom. The third-order valence-corrected chi connectivity index (χ3v) is 4.11. The summed E-state index contributed by atoms with van der Waals surface area (Å²) in [5.74, 6) is 1.61. The van der Waals surface area contributed by atoms with E-state index in [1.54, 1.807) is 0 Å². The lowest BCUT2D eigenvalue weighted by molar-refractivity contribution is 0.285. The van der Waals surface area contributed by atoms with Crippen LogP contribution in [0.2, 0.25) is 5.02 Å². The van der Waals surface area contributed by atoms with Gasteiger partial charge >= 0.3 is 0 Å². The van der Waals surface area contributed by atoms with Gasteiger partial charge in [0.15, 0.2) is 0 Å². The first kappa shape index (κ1) is 15.6. The van der Waals surface area contributed by atoms with Gasteiger partial charge in [0.1, 0.15) is 5.75 Å². The van der Waals surface area contributed by atoms with Crippen molar-refractivity contribution in [2.45, 2.75) is 32.7 Å². The zero-order chi connectivity index (χ0) is 14.4. The van der Waals surface area contributed by atoms with Crippen molar-refractivity contribution in [1.82, 2.24) is 4.90 Å². The van der Waals surface area contributed by atoms with Crippen LogP contribution < -0.4 is 10.5 Å². The Balaban J connectivity index is 1.99. The summed E-state index contributed by atoms with van der Waals surface area (Å²) in [6, 6.07) is 5.92. The van der Waals surface area contributed by atoms with Crippen LogP contribution in [0.1, 0.15) is 31.7 Å². The lowest BCUT2D eigenvalue weighted by Gasteiger charge is -2.18. The zero-order valence-corrected chi connectivity index (χ0v) is 13.0. The van der Waals surface area contributed by atoms with Crippen LogP contribution >= 0.6 is 11.6 Å². The molecule has 0 radical (unpaired) electrons. The van der Waals surface area contributed by atoms with Crippen molar-refractivity contribution >= 4 is 11.6 Å². The number of nitrogens with zero attached hydrogens (tertiary/aromatic N) is 1. The predicted octanol–water partition coefficient (Wildman–Crippen LogP) is 3.30. The third kappa shape index (κ3) is 4.37. The first-order valence-corrected chi connectivity index (χ1v) is 7.94. The minimum atomic E-state index is 0.638. The van der Waals surface area contributed by atoms with Gasteiger partial charge in [-0.2, -0.15) is 0 Å². The highest BCUT2D eigenvalue weighted by molar-refractivity contribution is 6.30. The molecule has 0 aliphatic carbocycles. The molecule has 0 amide bonds. The minimum Gasteiger partial charge on any atom is -0.493 e. The van der Waals surface area contributed by atoms with E-state index in [9.17, 15) is 0 Å². The van der Waals surface area contributed by atoms with E-state index in [1.165, 1.54) is 12.0 Å². The Morgan fingerprint density at radius 3 is 3.00 bits per heavy atom. The van der Waals surface area contributed by atoms with E-state index in [0.29, 0.717) is 5.92 Å². The summed E-state index contributed by atoms with van der Waals surface area (Å²) in [5.41, 5.74) is 6.94. The molecule has 1 atom stereocenters. The maximum atomic E-state index is 6.13. The van der Waals surface area contributed by atoms with Crippen LogP contribution in [-0.4, -0.2) is 31.1 Å². The fraction of sp³-hybridized carbons (Fsp3) is 0.625. The largest absolute Gasteiger partial charge is 0.493 e. The molecule has 112 valence electrons. The molecule has 1 aliphatic rings. The number of benzene rings is 1. The summed E-state index contributed by atoms with van der Waals surface area (Å²) in [6.45, 7) is 6.82. The SMILES string of the molecule is CCCCOc1ccc(Cl)cc1CN1CC[C@H](CN)C1. The molecule has 20 heavy (non-hydrogen) atoms. The van der Waals surface area contributed by atoms with Gasteiger partial charge in [0.2, 0.25) is 0 Å². The molecule has 1 aromatic carbocycles. The van der Waals surface area contributed by atoms with Crippen molar-refractivity contribution in [3.63, 3.8) is 0 Å². The number of rotatable bonds is 7. The number of unbranched alkanes of at least 4 members (excludes halogenated alkanes) is 1. The predicted molar refractivity (Wildman–Crippen MR) is 84.3 cm³/mol. The second-order valence-electron chi connectivity index (χ2n) is 5.58. The second-order valence-corrected chi connectivity index (χ2v) is 6.02. The van der Waals surface area contributed by atoms with Crippen LogP contribution in [0.3, 0.4) is 0 Å². The van der Waals surface area contributed by atoms with E-state index in [4.69, 9.17) is 22.1 Å². The molecule has 2 N–H and O–H groups in total. The van der Waals surface area contributed by atoms with Gasteiger partial charge < -0.3 is 10.5 Å². The molecule has 1 aromatic rings. The zero-order valence-electron chi connectivity index (χ0n) is 12.3. The molecule has 0 spiro atoms. The monoisotopic (exact) mass is 296 g/mol. The van der Waals surface area contributed by atoms with Gasteiger partial charge in [0.25, 0.3) is 0 Å². The van der Waals surface area contributed by atoms with Gasteiger partial charge in [-0.1, -0.05) is 24.9 Å². The van der Waals surface area contributed by atoms with Crippen LogP contribution in [0, 0.1) is 5.92 Å². The summed E-state index contributed by atoms with van der Waals surface area (Å²) in [4.78, 5) is 2.44. The summed E-state index contributed by atoms with van der Waals surface area (Å²) < 4.78 is 5.89. The fourth-order valence-corrected chi connectivity index (χ4v) is 2.82. The molecule has 0 saturated carbocycles. The Labute approximate surface area is 127 Å². The van der Waals surface area contributed by atoms with Gasteiger partial charge in [-0.05, 0) is 50.0 Å². The summed E-state index contributed by atoms with van der Waals surface area (Å²) in [6.07, 6.45) is 3.43. The number of nitrogens with two attached hydrogens (primary N) is 1. The summed E-state index contributed by atoms with van der Waals surface area (Å²) >= 11 is 6.13. The average Bonchev–Trinajstić information content (AvgIpc) is 2.89. The molecule has 3 nitrogen and oxygen atoms in total. The topological polar surface area (TPSA) is 38.5 Å². The van der Waals surface area contributed by atoms with Crippen molar-refractivity contribution in [1.29, 1.82) is 0 Å². The molecule has 4 heteroatoms. The second kappa shape index (κ2) is 7.87. The number of ether oxygens (including phenoxy) is 1. The maximum Gasteiger partial charge on any atom is 0.123 e. The van der Waals surface area contributed by atoms with E-state index in [1.807, 2.05) is 18.2 Å². The van der Waals surface area contributed by atoms with Crippen LogP contribution in [0.25, 0.3) is 0 Å². The highest BCUT2D eigenvalue weighted by atomic mass is 35.5. The molecule has 0 bridgehead atoms. The Kier molecular flexibility index (Phi) is 6.14. The molecular weight excluding hydrogens is 272 g/mol. The molecule has 0 unspecified atom stereocenters. The first-order chi connectivity index (χ1) is 9.72. The molecule has 1 fully saturated rings. The van der Waals surface area contributed by atoms with E-state index >= 15 is 0 Å². The lowest BCUT2D eigenvalue weighted by atomic mass is 10.1. The van der Waals surface area contributed by atoms with Gasteiger partial charge in [-0.25, -0.2) is 0 Å². The molecule has 2 rings (SSSR count). The van der Waals surface area contributed by atoms with Gasteiger partial charge in [-0.15, -0.1) is 0 Å². The smallest absolute Gasteiger partial charge is 0.123 e. The molecular formula is C16H25ClN2O. The fourth-order valence-electron chi connectivity index (χ4n) is 2.63. The summed E-state index contributed by atoms with van der Waals surface area (Å²) in [7, 11) is 0. The number of likely N-dealkylation sites (tertiary alicyclic amines) is 1. The Morgan fingerprint density at radius 2 is 2.30 bits per heavy atom. The maximum absolute atomic E-state index is 6.13. The van der Waals surface area contributed by atoms with E-state index in [-0.39, 0.29) is 0 Å². The van der Waals surface area contributed by atoms with Crippen LogP contribution in [0.15, 0.2) is 18.2 Å². The first-order valence-electron chi connectivity index (χ1n) is 7.56. The van der Waals surface area contributed by atoms with Gasteiger partial charge in [-0.3, -0.25) is 4.90 Å². The van der Waals surface area contributed by atoms with Crippen molar-refractivity contribution in [2.24, 2.45) is 11.7 Å². The van der Waals surface area contributed by atoms with E-state index < -0.39 is 0 Å². The van der Waals surface area contributed by atoms with E-state index in [0.717, 1.165) is 56.4 Å². The van der Waals surface area contributed by atoms with Gasteiger partial charge in [0, 0.05) is 23.7 Å². The van der Waals surface area contributed by atoms with Crippen LogP contribution in [-0.2, 0) is 6.54 Å². The Hall–Kier alpha value is -0.770. The highest BCUT2D eigenvalue weighted by Gasteiger charge is 2.22. The number of hydrogen-bond donors (Lipinski definition) is 1. The Bertz CT molecular complexity index is 425. The van der Waals surface area contributed by atoms with Crippen molar-refractivity contribution < 1.29 is 4.74 Å².